The maximum absolute atomic E-state index is 15.5. The van der Waals surface area contributed by atoms with E-state index in [0.717, 1.165) is 26.2 Å². The smallest absolute Gasteiger partial charge is 0.260 e. The Morgan fingerprint density at radius 3 is 2.59 bits per heavy atom. The SMILES string of the molecule is CNC(=O)CN1CCN(CC2CSc3c(CC4C(F)=CC=CC4F)c(C)c(-c4cccc(OC)c4F)c(=O)n32)CC1. The summed E-state index contributed by atoms with van der Waals surface area (Å²) in [6.07, 6.45) is 2.53. The summed E-state index contributed by atoms with van der Waals surface area (Å²) in [5.74, 6) is -1.60. The fraction of sp³-hybridized carbons (Fsp3) is 0.467. The molecule has 0 spiro atoms. The Labute approximate surface area is 242 Å². The highest BCUT2D eigenvalue weighted by molar-refractivity contribution is 7.99. The van der Waals surface area contributed by atoms with Crippen LogP contribution in [0.2, 0.25) is 0 Å². The van der Waals surface area contributed by atoms with Gasteiger partial charge in [-0.15, -0.1) is 11.8 Å². The number of benzene rings is 1. The Balaban J connectivity index is 1.52. The summed E-state index contributed by atoms with van der Waals surface area (Å²) in [6.45, 7) is 5.63. The molecule has 2 aromatic rings. The first kappa shape index (κ1) is 29.5. The van der Waals surface area contributed by atoms with E-state index in [-0.39, 0.29) is 40.8 Å². The predicted octanol–water partition coefficient (Wildman–Crippen LogP) is 3.90. The highest BCUT2D eigenvalue weighted by Gasteiger charge is 2.35. The molecule has 1 aromatic carbocycles. The minimum atomic E-state index is -1.50. The summed E-state index contributed by atoms with van der Waals surface area (Å²) in [4.78, 5) is 30.3. The number of thioether (sulfide) groups is 1. The van der Waals surface area contributed by atoms with Crippen LogP contribution in [0, 0.1) is 18.7 Å². The maximum atomic E-state index is 15.5. The number of piperazine rings is 1. The molecule has 41 heavy (non-hydrogen) atoms. The first-order valence-electron chi connectivity index (χ1n) is 13.8. The Morgan fingerprint density at radius 2 is 1.90 bits per heavy atom. The molecular formula is C30H35F3N4O3S. The number of alkyl halides is 1. The number of nitrogens with one attached hydrogen (secondary N) is 1. The number of allylic oxidation sites excluding steroid dienone is 4. The summed E-state index contributed by atoms with van der Waals surface area (Å²) in [6, 6.07) is 4.46. The van der Waals surface area contributed by atoms with E-state index in [1.807, 2.05) is 0 Å². The molecule has 1 aliphatic carbocycles. The van der Waals surface area contributed by atoms with E-state index in [1.54, 1.807) is 30.7 Å². The number of hydrogen-bond donors (Lipinski definition) is 1. The molecule has 3 atom stereocenters. The molecule has 220 valence electrons. The average Bonchev–Trinajstić information content (AvgIpc) is 3.38. The number of rotatable bonds is 8. The summed E-state index contributed by atoms with van der Waals surface area (Å²) in [5, 5.41) is 3.34. The highest BCUT2D eigenvalue weighted by atomic mass is 32.2. The summed E-state index contributed by atoms with van der Waals surface area (Å²) < 4.78 is 52.2. The largest absolute Gasteiger partial charge is 0.494 e. The molecule has 0 bridgehead atoms. The number of hydrogen-bond acceptors (Lipinski definition) is 6. The van der Waals surface area contributed by atoms with Crippen LogP contribution in [-0.4, -0.2) is 85.6 Å². The second kappa shape index (κ2) is 12.5. The zero-order chi connectivity index (χ0) is 29.3. The first-order chi connectivity index (χ1) is 19.7. The van der Waals surface area contributed by atoms with Crippen LogP contribution in [0.5, 0.6) is 5.75 Å². The van der Waals surface area contributed by atoms with Gasteiger partial charge in [-0.3, -0.25) is 24.0 Å². The third-order valence-corrected chi connectivity index (χ3v) is 9.53. The molecule has 5 rings (SSSR count). The minimum Gasteiger partial charge on any atom is -0.494 e. The fourth-order valence-electron chi connectivity index (χ4n) is 5.92. The van der Waals surface area contributed by atoms with Gasteiger partial charge < -0.3 is 10.1 Å². The summed E-state index contributed by atoms with van der Waals surface area (Å²) in [5.41, 5.74) is 1.17. The third kappa shape index (κ3) is 5.85. The van der Waals surface area contributed by atoms with Gasteiger partial charge in [0.05, 0.1) is 30.3 Å². The number of likely N-dealkylation sites (N-methyl/N-ethyl adjacent to an activating group) is 1. The van der Waals surface area contributed by atoms with Crippen LogP contribution in [0.4, 0.5) is 13.2 Å². The summed E-state index contributed by atoms with van der Waals surface area (Å²) >= 11 is 1.51. The van der Waals surface area contributed by atoms with Gasteiger partial charge in [0, 0.05) is 57.0 Å². The van der Waals surface area contributed by atoms with Crippen molar-refractivity contribution < 1.29 is 22.7 Å². The van der Waals surface area contributed by atoms with Gasteiger partial charge in [0.1, 0.15) is 12.0 Å². The van der Waals surface area contributed by atoms with Crippen molar-refractivity contribution in [2.45, 2.75) is 30.6 Å². The van der Waals surface area contributed by atoms with Crippen molar-refractivity contribution in [1.82, 2.24) is 19.7 Å². The molecule has 0 saturated carbocycles. The molecule has 1 fully saturated rings. The quantitative estimate of drug-likeness (QED) is 0.505. The number of methoxy groups -OCH3 is 1. The number of aromatic nitrogens is 1. The van der Waals surface area contributed by atoms with E-state index in [0.29, 0.717) is 35.0 Å². The van der Waals surface area contributed by atoms with Crippen molar-refractivity contribution in [3.8, 4) is 16.9 Å². The molecule has 1 amide bonds. The fourth-order valence-corrected chi connectivity index (χ4v) is 7.31. The normalized spacial score (nSPS) is 22.9. The number of pyridine rings is 1. The van der Waals surface area contributed by atoms with Gasteiger partial charge in [-0.2, -0.15) is 0 Å². The van der Waals surface area contributed by atoms with E-state index < -0.39 is 23.7 Å². The van der Waals surface area contributed by atoms with E-state index >= 15 is 4.39 Å². The van der Waals surface area contributed by atoms with Crippen LogP contribution in [0.15, 0.2) is 52.1 Å². The molecule has 7 nitrogen and oxygen atoms in total. The average molecular weight is 589 g/mol. The zero-order valence-electron chi connectivity index (χ0n) is 23.5. The number of nitrogens with zero attached hydrogens (tertiary/aromatic N) is 3. The molecule has 3 heterocycles. The van der Waals surface area contributed by atoms with Gasteiger partial charge >= 0.3 is 0 Å². The second-order valence-corrected chi connectivity index (χ2v) is 11.7. The zero-order valence-corrected chi connectivity index (χ0v) is 24.3. The van der Waals surface area contributed by atoms with Crippen LogP contribution >= 0.6 is 11.8 Å². The lowest BCUT2D eigenvalue weighted by Gasteiger charge is -2.35. The molecular weight excluding hydrogens is 553 g/mol. The Morgan fingerprint density at radius 1 is 1.17 bits per heavy atom. The molecule has 1 saturated heterocycles. The van der Waals surface area contributed by atoms with Crippen molar-refractivity contribution in [2.75, 3.05) is 59.2 Å². The molecule has 2 aliphatic heterocycles. The van der Waals surface area contributed by atoms with Crippen molar-refractivity contribution in [1.29, 1.82) is 0 Å². The molecule has 11 heteroatoms. The molecule has 3 unspecified atom stereocenters. The van der Waals surface area contributed by atoms with E-state index in [2.05, 4.69) is 15.1 Å². The molecule has 0 radical (unpaired) electrons. The van der Waals surface area contributed by atoms with Crippen LogP contribution < -0.4 is 15.6 Å². The lowest BCUT2D eigenvalue weighted by Crippen LogP contribution is -2.50. The van der Waals surface area contributed by atoms with Crippen molar-refractivity contribution in [2.24, 2.45) is 5.92 Å². The van der Waals surface area contributed by atoms with Gasteiger partial charge in [-0.1, -0.05) is 18.2 Å². The van der Waals surface area contributed by atoms with Crippen molar-refractivity contribution in [3.63, 3.8) is 0 Å². The van der Waals surface area contributed by atoms with Crippen molar-refractivity contribution >= 4 is 17.7 Å². The molecule has 1 aromatic heterocycles. The lowest BCUT2D eigenvalue weighted by atomic mass is 9.87. The monoisotopic (exact) mass is 588 g/mol. The molecule has 3 aliphatic rings. The summed E-state index contributed by atoms with van der Waals surface area (Å²) in [7, 11) is 2.99. The highest BCUT2D eigenvalue weighted by Crippen LogP contribution is 2.42. The number of carbonyl (C=O) groups excluding carboxylic acids is 1. The lowest BCUT2D eigenvalue weighted by molar-refractivity contribution is -0.122. The third-order valence-electron chi connectivity index (χ3n) is 8.26. The van der Waals surface area contributed by atoms with Crippen LogP contribution in [-0.2, 0) is 11.2 Å². The Kier molecular flexibility index (Phi) is 8.96. The van der Waals surface area contributed by atoms with Gasteiger partial charge in [0.15, 0.2) is 11.6 Å². The van der Waals surface area contributed by atoms with E-state index in [9.17, 15) is 18.4 Å². The topological polar surface area (TPSA) is 66.8 Å². The predicted molar refractivity (Wildman–Crippen MR) is 155 cm³/mol. The van der Waals surface area contributed by atoms with Gasteiger partial charge in [0.2, 0.25) is 5.91 Å². The number of carbonyl (C=O) groups is 1. The van der Waals surface area contributed by atoms with Crippen LogP contribution in [0.25, 0.3) is 11.1 Å². The Hall–Kier alpha value is -3.02. The van der Waals surface area contributed by atoms with Gasteiger partial charge in [-0.05, 0) is 42.7 Å². The Bertz CT molecular complexity index is 1440. The number of ether oxygens (including phenoxy) is 1. The second-order valence-electron chi connectivity index (χ2n) is 10.7. The number of amides is 1. The first-order valence-corrected chi connectivity index (χ1v) is 14.8. The van der Waals surface area contributed by atoms with Crippen molar-refractivity contribution in [3.05, 3.63) is 69.6 Å². The standard InChI is InChI=1S/C30H35F3N4O3S/c1-18-21(14-22-23(31)7-5-8-24(22)32)30-37(29(39)27(18)20-6-4-9-25(40-3)28(20)33)19(17-41-30)15-35-10-12-36(13-11-35)16-26(38)34-2/h4-9,19,22-23H,10-17H2,1-3H3,(H,34,38). The maximum Gasteiger partial charge on any atom is 0.260 e. The molecule has 1 N–H and O–H groups in total. The van der Waals surface area contributed by atoms with Gasteiger partial charge in [-0.25, -0.2) is 13.2 Å². The minimum absolute atomic E-state index is 0.0177. The number of fused-ring (bicyclic) bond motifs is 1. The van der Waals surface area contributed by atoms with Crippen LogP contribution in [0.3, 0.4) is 0 Å². The van der Waals surface area contributed by atoms with E-state index in [4.69, 9.17) is 4.74 Å². The van der Waals surface area contributed by atoms with E-state index in [1.165, 1.54) is 43.2 Å². The van der Waals surface area contributed by atoms with Gasteiger partial charge in [0.25, 0.3) is 5.56 Å². The van der Waals surface area contributed by atoms with Crippen LogP contribution in [0.1, 0.15) is 17.2 Å². The number of halogens is 3.